The highest BCUT2D eigenvalue weighted by Crippen LogP contribution is 2.25. The van der Waals surface area contributed by atoms with Crippen LogP contribution in [-0.4, -0.2) is 32.0 Å². The van der Waals surface area contributed by atoms with Gasteiger partial charge < -0.3 is 19.5 Å². The molecule has 21 heavy (non-hydrogen) atoms. The summed E-state index contributed by atoms with van der Waals surface area (Å²) in [6.07, 6.45) is 0.223. The highest BCUT2D eigenvalue weighted by molar-refractivity contribution is 5.40. The molecular formula is C17H29NO3. The Morgan fingerprint density at radius 3 is 2.43 bits per heavy atom. The number of rotatable bonds is 8. The molecule has 1 aromatic carbocycles. The van der Waals surface area contributed by atoms with Crippen LogP contribution in [0.25, 0.3) is 0 Å². The summed E-state index contributed by atoms with van der Waals surface area (Å²) in [5, 5.41) is 3.47. The number of benzene rings is 1. The van der Waals surface area contributed by atoms with E-state index in [-0.39, 0.29) is 11.6 Å². The van der Waals surface area contributed by atoms with Crippen LogP contribution in [0.5, 0.6) is 11.5 Å². The quantitative estimate of drug-likeness (QED) is 0.746. The van der Waals surface area contributed by atoms with E-state index in [1.54, 1.807) is 7.11 Å². The molecule has 0 radical (unpaired) electrons. The molecule has 0 bridgehead atoms. The van der Waals surface area contributed by atoms with Gasteiger partial charge in [-0.15, -0.1) is 0 Å². The lowest BCUT2D eigenvalue weighted by Crippen LogP contribution is -2.35. The second-order valence-electron chi connectivity index (χ2n) is 6.35. The molecule has 1 rings (SSSR count). The van der Waals surface area contributed by atoms with Gasteiger partial charge in [0.2, 0.25) is 0 Å². The molecule has 0 aromatic heterocycles. The maximum atomic E-state index is 5.85. The zero-order chi connectivity index (χ0) is 15.9. The second-order valence-corrected chi connectivity index (χ2v) is 6.35. The second kappa shape index (κ2) is 8.25. The number of hydrogen-bond donors (Lipinski definition) is 1. The van der Waals surface area contributed by atoms with Crippen LogP contribution >= 0.6 is 0 Å². The number of nitrogens with one attached hydrogen (secondary N) is 1. The van der Waals surface area contributed by atoms with E-state index in [9.17, 15) is 0 Å². The fraction of sp³-hybridized carbons (Fsp3) is 0.647. The van der Waals surface area contributed by atoms with Gasteiger partial charge >= 0.3 is 0 Å². The maximum Gasteiger partial charge on any atom is 0.127 e. The van der Waals surface area contributed by atoms with Crippen molar-refractivity contribution >= 4 is 0 Å². The van der Waals surface area contributed by atoms with Crippen molar-refractivity contribution in [3.63, 3.8) is 0 Å². The molecule has 0 saturated heterocycles. The summed E-state index contributed by atoms with van der Waals surface area (Å²) in [6, 6.07) is 5.92. The summed E-state index contributed by atoms with van der Waals surface area (Å²) in [6.45, 7) is 12.4. The molecule has 0 aliphatic carbocycles. The molecule has 1 N–H and O–H groups in total. The molecule has 0 unspecified atom stereocenters. The fourth-order valence-corrected chi connectivity index (χ4v) is 1.74. The Bertz CT molecular complexity index is 425. The molecule has 0 fully saturated rings. The van der Waals surface area contributed by atoms with Crippen LogP contribution in [0.1, 0.15) is 40.2 Å². The van der Waals surface area contributed by atoms with E-state index < -0.39 is 0 Å². The summed E-state index contributed by atoms with van der Waals surface area (Å²) in [4.78, 5) is 0. The standard InChI is InChI=1S/C17H29NO3/c1-13(2)20-9-10-21-16-11-15(19-6)8-7-14(16)12-18-17(3,4)5/h7-8,11,13,18H,9-10,12H2,1-6H3. The minimum absolute atomic E-state index is 0.0674. The molecule has 1 aromatic rings. The Hall–Kier alpha value is -1.26. The summed E-state index contributed by atoms with van der Waals surface area (Å²) in [7, 11) is 1.66. The van der Waals surface area contributed by atoms with Gasteiger partial charge in [-0.05, 0) is 40.7 Å². The average Bonchev–Trinajstić information content (AvgIpc) is 2.40. The largest absolute Gasteiger partial charge is 0.497 e. The number of hydrogen-bond acceptors (Lipinski definition) is 4. The van der Waals surface area contributed by atoms with Gasteiger partial charge in [-0.3, -0.25) is 0 Å². The van der Waals surface area contributed by atoms with Crippen molar-refractivity contribution in [2.24, 2.45) is 0 Å². The van der Waals surface area contributed by atoms with Gasteiger partial charge in [0.25, 0.3) is 0 Å². The molecule has 0 heterocycles. The third kappa shape index (κ3) is 7.34. The Kier molecular flexibility index (Phi) is 6.99. The van der Waals surface area contributed by atoms with E-state index in [1.165, 1.54) is 0 Å². The zero-order valence-electron chi connectivity index (χ0n) is 14.2. The fourth-order valence-electron chi connectivity index (χ4n) is 1.74. The van der Waals surface area contributed by atoms with E-state index in [1.807, 2.05) is 32.0 Å². The van der Waals surface area contributed by atoms with E-state index in [2.05, 4.69) is 26.1 Å². The highest BCUT2D eigenvalue weighted by atomic mass is 16.5. The predicted molar refractivity (Wildman–Crippen MR) is 86.2 cm³/mol. The minimum atomic E-state index is 0.0674. The van der Waals surface area contributed by atoms with Gasteiger partial charge in [-0.2, -0.15) is 0 Å². The van der Waals surface area contributed by atoms with E-state index in [0.29, 0.717) is 13.2 Å². The summed E-state index contributed by atoms with van der Waals surface area (Å²) >= 11 is 0. The number of ether oxygens (including phenoxy) is 3. The first-order valence-corrected chi connectivity index (χ1v) is 7.48. The van der Waals surface area contributed by atoms with Crippen LogP contribution in [0.15, 0.2) is 18.2 Å². The van der Waals surface area contributed by atoms with Crippen molar-refractivity contribution < 1.29 is 14.2 Å². The lowest BCUT2D eigenvalue weighted by Gasteiger charge is -2.22. The van der Waals surface area contributed by atoms with Gasteiger partial charge in [0.15, 0.2) is 0 Å². The molecule has 0 amide bonds. The zero-order valence-corrected chi connectivity index (χ0v) is 14.2. The first kappa shape index (κ1) is 17.8. The Morgan fingerprint density at radius 2 is 1.86 bits per heavy atom. The molecule has 0 spiro atoms. The Balaban J connectivity index is 2.68. The molecule has 0 aliphatic rings. The Labute approximate surface area is 128 Å². The van der Waals surface area contributed by atoms with Crippen molar-refractivity contribution in [1.82, 2.24) is 5.32 Å². The smallest absolute Gasteiger partial charge is 0.127 e. The van der Waals surface area contributed by atoms with Crippen LogP contribution in [0.2, 0.25) is 0 Å². The molecule has 4 heteroatoms. The van der Waals surface area contributed by atoms with Crippen molar-refractivity contribution in [3.8, 4) is 11.5 Å². The normalized spacial score (nSPS) is 11.8. The molecule has 0 aliphatic heterocycles. The van der Waals surface area contributed by atoms with Gasteiger partial charge in [-0.25, -0.2) is 0 Å². The van der Waals surface area contributed by atoms with Crippen molar-refractivity contribution in [2.45, 2.75) is 52.8 Å². The number of methoxy groups -OCH3 is 1. The van der Waals surface area contributed by atoms with Crippen molar-refractivity contribution in [1.29, 1.82) is 0 Å². The van der Waals surface area contributed by atoms with Gasteiger partial charge in [0, 0.05) is 23.7 Å². The van der Waals surface area contributed by atoms with Crippen LogP contribution in [0.4, 0.5) is 0 Å². The molecule has 4 nitrogen and oxygen atoms in total. The van der Waals surface area contributed by atoms with Gasteiger partial charge in [0.1, 0.15) is 18.1 Å². The lowest BCUT2D eigenvalue weighted by atomic mass is 10.1. The first-order valence-electron chi connectivity index (χ1n) is 7.48. The van der Waals surface area contributed by atoms with Gasteiger partial charge in [0.05, 0.1) is 19.8 Å². The maximum absolute atomic E-state index is 5.85. The summed E-state index contributed by atoms with van der Waals surface area (Å²) in [5.41, 5.74) is 1.19. The van der Waals surface area contributed by atoms with Crippen LogP contribution in [0.3, 0.4) is 0 Å². The third-order valence-electron chi connectivity index (χ3n) is 2.88. The topological polar surface area (TPSA) is 39.7 Å². The lowest BCUT2D eigenvalue weighted by molar-refractivity contribution is 0.0549. The SMILES string of the molecule is COc1ccc(CNC(C)(C)C)c(OCCOC(C)C)c1. The van der Waals surface area contributed by atoms with Crippen molar-refractivity contribution in [3.05, 3.63) is 23.8 Å². The highest BCUT2D eigenvalue weighted by Gasteiger charge is 2.12. The van der Waals surface area contributed by atoms with E-state index >= 15 is 0 Å². The molecule has 0 saturated carbocycles. The average molecular weight is 295 g/mol. The summed E-state index contributed by atoms with van der Waals surface area (Å²) < 4.78 is 16.6. The first-order chi connectivity index (χ1) is 9.81. The molecular weight excluding hydrogens is 266 g/mol. The van der Waals surface area contributed by atoms with E-state index in [4.69, 9.17) is 14.2 Å². The Morgan fingerprint density at radius 1 is 1.14 bits per heavy atom. The van der Waals surface area contributed by atoms with Crippen LogP contribution in [0, 0.1) is 0 Å². The summed E-state index contributed by atoms with van der Waals surface area (Å²) in [5.74, 6) is 1.65. The van der Waals surface area contributed by atoms with Gasteiger partial charge in [-0.1, -0.05) is 6.07 Å². The molecule has 120 valence electrons. The minimum Gasteiger partial charge on any atom is -0.497 e. The third-order valence-corrected chi connectivity index (χ3v) is 2.88. The van der Waals surface area contributed by atoms with Crippen molar-refractivity contribution in [2.75, 3.05) is 20.3 Å². The van der Waals surface area contributed by atoms with E-state index in [0.717, 1.165) is 23.6 Å². The predicted octanol–water partition coefficient (Wildman–Crippen LogP) is 3.39. The van der Waals surface area contributed by atoms with Crippen LogP contribution < -0.4 is 14.8 Å². The molecule has 0 atom stereocenters. The monoisotopic (exact) mass is 295 g/mol. The van der Waals surface area contributed by atoms with Crippen LogP contribution in [-0.2, 0) is 11.3 Å².